The topological polar surface area (TPSA) is 40.5 Å². The van der Waals surface area contributed by atoms with Crippen molar-refractivity contribution >= 4 is 0 Å². The van der Waals surface area contributed by atoms with Gasteiger partial charge in [-0.1, -0.05) is 6.92 Å². The van der Waals surface area contributed by atoms with E-state index in [1.165, 1.54) is 13.8 Å². The highest BCUT2D eigenvalue weighted by Gasteiger charge is 1.83. The minimum Gasteiger partial charge on any atom is -0.394 e. The van der Waals surface area contributed by atoms with E-state index in [1.807, 2.05) is 0 Å². The van der Waals surface area contributed by atoms with Gasteiger partial charge in [-0.25, -0.2) is 0 Å². The van der Waals surface area contributed by atoms with Crippen LogP contribution in [0.15, 0.2) is 0 Å². The van der Waals surface area contributed by atoms with E-state index in [9.17, 15) is 0 Å². The summed E-state index contributed by atoms with van der Waals surface area (Å²) in [4.78, 5) is 0. The molecule has 0 saturated carbocycles. The molecule has 0 amide bonds. The van der Waals surface area contributed by atoms with Crippen LogP contribution in [0.3, 0.4) is 0 Å². The van der Waals surface area contributed by atoms with E-state index in [4.69, 9.17) is 17.1 Å². The largest absolute Gasteiger partial charge is 0.394 e. The van der Waals surface area contributed by atoms with Gasteiger partial charge >= 0.3 is 0 Å². The van der Waals surface area contributed by atoms with Crippen LogP contribution in [-0.2, 0) is 0 Å². The lowest BCUT2D eigenvalue weighted by Crippen LogP contribution is -2.03. The van der Waals surface area contributed by atoms with E-state index < -0.39 is 6.10 Å². The standard InChI is InChI=1S/C3H8O2.C2H3/c1-3(5)2-4;1-2/h3-5H,2H2,1H3;1H3. The molecule has 1 atom stereocenters. The molecule has 7 heavy (non-hydrogen) atoms. The van der Waals surface area contributed by atoms with Crippen molar-refractivity contribution in [3.05, 3.63) is 6.92 Å². The van der Waals surface area contributed by atoms with Gasteiger partial charge in [-0.2, -0.15) is 0 Å². The van der Waals surface area contributed by atoms with E-state index in [0.29, 0.717) is 0 Å². The molecule has 0 aliphatic carbocycles. The number of hydrogen-bond donors (Lipinski definition) is 2. The molecule has 1 unspecified atom stereocenters. The fourth-order valence-corrected chi connectivity index (χ4v) is 0. The second-order valence-electron chi connectivity index (χ2n) is 1.03. The number of rotatable bonds is 1. The highest BCUT2D eigenvalue weighted by molar-refractivity contribution is 4.33. The fraction of sp³-hybridized carbons (Fsp3) is 0.800. The van der Waals surface area contributed by atoms with Gasteiger partial charge in [-0.15, -0.1) is 0 Å². The lowest BCUT2D eigenvalue weighted by Gasteiger charge is -1.90. The second-order valence-corrected chi connectivity index (χ2v) is 1.03. The molecule has 0 saturated heterocycles. The van der Waals surface area contributed by atoms with E-state index in [0.717, 1.165) is 0 Å². The van der Waals surface area contributed by atoms with Crippen LogP contribution in [0.5, 0.6) is 0 Å². The van der Waals surface area contributed by atoms with Gasteiger partial charge in [-0.3, -0.25) is 0 Å². The van der Waals surface area contributed by atoms with E-state index in [2.05, 4.69) is 0 Å². The second kappa shape index (κ2) is 9.33. The molecule has 2 N–H and O–H groups in total. The van der Waals surface area contributed by atoms with Gasteiger partial charge < -0.3 is 10.2 Å². The molecule has 0 bridgehead atoms. The minimum atomic E-state index is -0.560. The van der Waals surface area contributed by atoms with Gasteiger partial charge in [0.1, 0.15) is 0 Å². The Labute approximate surface area is 44.8 Å². The smallest absolute Gasteiger partial charge is 0.0742 e. The van der Waals surface area contributed by atoms with Crippen molar-refractivity contribution in [3.8, 4) is 0 Å². The van der Waals surface area contributed by atoms with E-state index in [-0.39, 0.29) is 6.61 Å². The van der Waals surface area contributed by atoms with Crippen LogP contribution in [0, 0.1) is 6.92 Å². The van der Waals surface area contributed by atoms with Crippen LogP contribution in [0.25, 0.3) is 0 Å². The Balaban J connectivity index is 0. The third-order valence-electron chi connectivity index (χ3n) is 0.264. The summed E-state index contributed by atoms with van der Waals surface area (Å²) in [6, 6.07) is 0. The molecule has 0 fully saturated rings. The lowest BCUT2D eigenvalue weighted by atomic mass is 10.5. The van der Waals surface area contributed by atoms with Crippen molar-refractivity contribution < 1.29 is 10.2 Å². The van der Waals surface area contributed by atoms with Crippen LogP contribution < -0.4 is 0 Å². The average molecular weight is 103 g/mol. The van der Waals surface area contributed by atoms with Crippen LogP contribution in [0.1, 0.15) is 13.8 Å². The summed E-state index contributed by atoms with van der Waals surface area (Å²) in [6.07, 6.45) is -0.560. The third kappa shape index (κ3) is 24.7. The molecular formula is C5H11O2. The van der Waals surface area contributed by atoms with Crippen molar-refractivity contribution in [2.45, 2.75) is 20.0 Å². The van der Waals surface area contributed by atoms with Gasteiger partial charge in [0, 0.05) is 0 Å². The molecule has 2 nitrogen and oxygen atoms in total. The Bertz CT molecular complexity index is 20.0. The summed E-state index contributed by atoms with van der Waals surface area (Å²) in [5, 5.41) is 16.0. The van der Waals surface area contributed by atoms with Crippen molar-refractivity contribution in [3.63, 3.8) is 0 Å². The van der Waals surface area contributed by atoms with Crippen LogP contribution >= 0.6 is 0 Å². The van der Waals surface area contributed by atoms with Crippen molar-refractivity contribution in [1.82, 2.24) is 0 Å². The first kappa shape index (κ1) is 10.0. The van der Waals surface area contributed by atoms with Crippen molar-refractivity contribution in [1.29, 1.82) is 0 Å². The quantitative estimate of drug-likeness (QED) is 0.488. The Kier molecular flexibility index (Phi) is 13.3. The monoisotopic (exact) mass is 103 g/mol. The molecule has 43 valence electrons. The molecule has 0 aliphatic rings. The fourth-order valence-electron chi connectivity index (χ4n) is 0. The summed E-state index contributed by atoms with van der Waals surface area (Å²) in [5.74, 6) is 0. The normalized spacial score (nSPS) is 11.6. The Morgan fingerprint density at radius 1 is 1.57 bits per heavy atom. The summed E-state index contributed by atoms with van der Waals surface area (Å²) in [6.45, 7) is 8.39. The molecule has 0 aromatic rings. The first-order valence-corrected chi connectivity index (χ1v) is 2.06. The Hall–Kier alpha value is -0.0800. The molecule has 0 aromatic heterocycles. The zero-order valence-electron chi connectivity index (χ0n) is 4.68. The van der Waals surface area contributed by atoms with Gasteiger partial charge in [0.25, 0.3) is 0 Å². The Morgan fingerprint density at radius 3 is 1.71 bits per heavy atom. The molecule has 0 rings (SSSR count). The lowest BCUT2D eigenvalue weighted by molar-refractivity contribution is 0.110. The van der Waals surface area contributed by atoms with Crippen molar-refractivity contribution in [2.24, 2.45) is 0 Å². The van der Waals surface area contributed by atoms with Gasteiger partial charge in [-0.05, 0) is 13.8 Å². The maximum atomic E-state index is 8.11. The maximum absolute atomic E-state index is 8.11. The Morgan fingerprint density at radius 2 is 1.71 bits per heavy atom. The average Bonchev–Trinajstić information content (AvgIpc) is 1.73. The van der Waals surface area contributed by atoms with Gasteiger partial charge in [0.05, 0.1) is 12.7 Å². The molecule has 2 heteroatoms. The zero-order chi connectivity index (χ0) is 6.28. The summed E-state index contributed by atoms with van der Waals surface area (Å²) >= 11 is 0. The predicted molar refractivity (Wildman–Crippen MR) is 27.7 cm³/mol. The number of hydrogen-bond acceptors (Lipinski definition) is 2. The summed E-state index contributed by atoms with van der Waals surface area (Å²) in [7, 11) is 0. The molecule has 0 aliphatic heterocycles. The molecule has 0 spiro atoms. The first-order chi connectivity index (χ1) is 3.27. The first-order valence-electron chi connectivity index (χ1n) is 2.06. The molecule has 0 aromatic carbocycles. The summed E-state index contributed by atoms with van der Waals surface area (Å²) in [5.41, 5.74) is 0. The van der Waals surface area contributed by atoms with Crippen molar-refractivity contribution in [2.75, 3.05) is 6.61 Å². The highest BCUT2D eigenvalue weighted by atomic mass is 16.3. The van der Waals surface area contributed by atoms with E-state index >= 15 is 0 Å². The van der Waals surface area contributed by atoms with Gasteiger partial charge in [0.2, 0.25) is 0 Å². The minimum absolute atomic E-state index is 0.139. The van der Waals surface area contributed by atoms with Crippen LogP contribution in [0.4, 0.5) is 0 Å². The van der Waals surface area contributed by atoms with Crippen LogP contribution in [0.2, 0.25) is 0 Å². The molecular weight excluding hydrogens is 92.1 g/mol. The highest BCUT2D eigenvalue weighted by Crippen LogP contribution is 1.68. The predicted octanol–water partition coefficient (Wildman–Crippen LogP) is -0.0461. The molecule has 3 radical (unpaired) electrons. The zero-order valence-corrected chi connectivity index (χ0v) is 4.68. The van der Waals surface area contributed by atoms with Crippen LogP contribution in [-0.4, -0.2) is 22.9 Å². The summed E-state index contributed by atoms with van der Waals surface area (Å²) < 4.78 is 0. The third-order valence-corrected chi connectivity index (χ3v) is 0.264. The van der Waals surface area contributed by atoms with Gasteiger partial charge in [0.15, 0.2) is 0 Å². The SMILES string of the molecule is CC(O)CO.[C]C. The molecule has 0 heterocycles. The van der Waals surface area contributed by atoms with E-state index in [1.54, 1.807) is 0 Å². The number of aliphatic hydroxyl groups is 2. The maximum Gasteiger partial charge on any atom is 0.0742 e. The number of aliphatic hydroxyl groups excluding tert-OH is 2.